The molecular weight excluding hydrogens is 495 g/mol. The Bertz CT molecular complexity index is 525. The van der Waals surface area contributed by atoms with Gasteiger partial charge in [-0.3, -0.25) is 0 Å². The molecule has 0 bridgehead atoms. The van der Waals surface area contributed by atoms with E-state index in [4.69, 9.17) is 9.30 Å². The van der Waals surface area contributed by atoms with Crippen molar-refractivity contribution in [3.8, 4) is 0 Å². The van der Waals surface area contributed by atoms with E-state index in [1.54, 1.807) is 0 Å². The summed E-state index contributed by atoms with van der Waals surface area (Å²) in [5.41, 5.74) is 0. The van der Waals surface area contributed by atoms with Gasteiger partial charge in [-0.25, -0.2) is 0 Å². The molecule has 0 atom stereocenters. The Morgan fingerprint density at radius 3 is 1.58 bits per heavy atom. The molecule has 2 aromatic rings. The van der Waals surface area contributed by atoms with Crippen molar-refractivity contribution in [1.82, 2.24) is 0 Å². The van der Waals surface area contributed by atoms with Crippen molar-refractivity contribution in [3.05, 3.63) is 55.8 Å². The van der Waals surface area contributed by atoms with Crippen molar-refractivity contribution < 1.29 is 53.1 Å². The largest absolute Gasteiger partial charge is 2.00 e. The third-order valence-corrected chi connectivity index (χ3v) is 6.05. The topological polar surface area (TPSA) is 71.3 Å². The van der Waals surface area contributed by atoms with E-state index in [1.165, 1.54) is 26.0 Å². The van der Waals surface area contributed by atoms with E-state index in [-0.39, 0.29) is 26.5 Å². The van der Waals surface area contributed by atoms with Crippen LogP contribution in [-0.2, 0) is 30.4 Å². The van der Waals surface area contributed by atoms with Crippen LogP contribution in [0.3, 0.4) is 0 Å². The first kappa shape index (κ1) is 33.4. The van der Waals surface area contributed by atoms with Gasteiger partial charge in [-0.2, -0.15) is 17.5 Å². The van der Waals surface area contributed by atoms with Gasteiger partial charge in [0.1, 0.15) is 0 Å². The fourth-order valence-electron chi connectivity index (χ4n) is 1.35. The first-order valence-electron chi connectivity index (χ1n) is 6.08. The van der Waals surface area contributed by atoms with Crippen molar-refractivity contribution in [2.75, 3.05) is 15.3 Å². The average Bonchev–Trinajstić information content (AvgIpc) is 3.08. The second-order valence-corrected chi connectivity index (χ2v) is 7.67. The summed E-state index contributed by atoms with van der Waals surface area (Å²) in [7, 11) is -6.00. The predicted molar refractivity (Wildman–Crippen MR) is 98.6 cm³/mol. The SMILES string of the molecule is C1SCSCS1.F[B-](F)(F)F.O.[C-]#[O+].[C-]#[O+].[Mo+2].c1ccc2[cH-]ccc2c1. The van der Waals surface area contributed by atoms with Gasteiger partial charge in [0.15, 0.2) is 0 Å². The maximum Gasteiger partial charge on any atom is 2.00 e. The van der Waals surface area contributed by atoms with Gasteiger partial charge in [0.05, 0.1) is 0 Å². The molecule has 26 heavy (non-hydrogen) atoms. The van der Waals surface area contributed by atoms with Crippen LogP contribution in [-0.4, -0.2) is 28.0 Å². The van der Waals surface area contributed by atoms with Crippen LogP contribution >= 0.6 is 35.3 Å². The van der Waals surface area contributed by atoms with E-state index in [9.17, 15) is 17.3 Å². The minimum Gasteiger partial charge on any atom is -0.168 e. The summed E-state index contributed by atoms with van der Waals surface area (Å²) in [6, 6.07) is 14.7. The van der Waals surface area contributed by atoms with E-state index < -0.39 is 7.25 Å². The predicted octanol–water partition coefficient (Wildman–Crippen LogP) is 5.03. The van der Waals surface area contributed by atoms with Crippen LogP contribution in [0.15, 0.2) is 42.5 Å². The summed E-state index contributed by atoms with van der Waals surface area (Å²) in [5.74, 6) is 0. The van der Waals surface area contributed by atoms with Crippen molar-refractivity contribution in [2.24, 2.45) is 0 Å². The van der Waals surface area contributed by atoms with Crippen LogP contribution < -0.4 is 0 Å². The summed E-state index contributed by atoms with van der Waals surface area (Å²) in [6.07, 6.45) is 0. The number of fused-ring (bicyclic) bond motifs is 1. The molecule has 0 aliphatic carbocycles. The van der Waals surface area contributed by atoms with Crippen LogP contribution in [0.1, 0.15) is 0 Å². The fraction of sp³-hybridized carbons (Fsp3) is 0.214. The van der Waals surface area contributed by atoms with Gasteiger partial charge in [0.2, 0.25) is 0 Å². The zero-order valence-corrected chi connectivity index (χ0v) is 17.7. The van der Waals surface area contributed by atoms with Crippen LogP contribution in [0.25, 0.3) is 10.8 Å². The molecular formula is C14H15BF4MoO3S3. The molecule has 1 fully saturated rings. The molecule has 0 saturated carbocycles. The summed E-state index contributed by atoms with van der Waals surface area (Å²) >= 11 is 6.06. The molecule has 0 unspecified atom stereocenters. The van der Waals surface area contributed by atoms with Crippen LogP contribution in [0, 0.1) is 13.3 Å². The number of hydrogen-bond donors (Lipinski definition) is 0. The standard InChI is InChI=1S/C9H7.C3H6S3.2CO.BF4.Mo.H2O/c1-2-5-9-7-3-6-8(9)4-1;1-4-2-6-3-5-1;2*1-2;2-1(3,4)5;;/h1-7H;1-3H2;;;;;1H2/q-1;;;;-1;+2;. The maximum atomic E-state index is 9.75. The molecule has 0 spiro atoms. The number of thioether (sulfide) groups is 3. The Morgan fingerprint density at radius 2 is 1.23 bits per heavy atom. The molecule has 3 rings (SSSR count). The maximum absolute atomic E-state index is 9.75. The molecule has 1 aliphatic heterocycles. The molecule has 1 aliphatic rings. The third-order valence-electron chi connectivity index (χ3n) is 2.05. The Kier molecular flexibility index (Phi) is 29.3. The second kappa shape index (κ2) is 22.8. The summed E-state index contributed by atoms with van der Waals surface area (Å²) < 4.78 is 54.0. The van der Waals surface area contributed by atoms with Crippen molar-refractivity contribution in [3.63, 3.8) is 0 Å². The van der Waals surface area contributed by atoms with Gasteiger partial charge >= 0.3 is 50.9 Å². The Morgan fingerprint density at radius 1 is 0.846 bits per heavy atom. The molecule has 2 aromatic carbocycles. The Balaban J connectivity index is -0.000000128. The smallest absolute Gasteiger partial charge is 0.168 e. The van der Waals surface area contributed by atoms with E-state index in [1.807, 2.05) is 35.3 Å². The van der Waals surface area contributed by atoms with Crippen LogP contribution in [0.5, 0.6) is 0 Å². The monoisotopic (exact) mass is 512 g/mol. The summed E-state index contributed by atoms with van der Waals surface area (Å²) in [4.78, 5) is 0. The Labute approximate surface area is 176 Å². The van der Waals surface area contributed by atoms with Crippen LogP contribution in [0.4, 0.5) is 17.3 Å². The minimum absolute atomic E-state index is 0. The number of halogens is 4. The van der Waals surface area contributed by atoms with Gasteiger partial charge in [0.25, 0.3) is 0 Å². The first-order chi connectivity index (χ1) is 11.5. The van der Waals surface area contributed by atoms with Crippen molar-refractivity contribution in [1.29, 1.82) is 0 Å². The van der Waals surface area contributed by atoms with Gasteiger partial charge in [0, 0.05) is 15.3 Å². The molecule has 2 N–H and O–H groups in total. The molecule has 12 heteroatoms. The van der Waals surface area contributed by atoms with Crippen LogP contribution in [0.2, 0.25) is 0 Å². The number of benzene rings is 1. The zero-order valence-electron chi connectivity index (χ0n) is 13.2. The second-order valence-electron chi connectivity index (χ2n) is 3.62. The summed E-state index contributed by atoms with van der Waals surface area (Å²) in [6.45, 7) is 9.00. The molecule has 3 nitrogen and oxygen atoms in total. The van der Waals surface area contributed by atoms with E-state index >= 15 is 0 Å². The average molecular weight is 510 g/mol. The fourth-order valence-corrected chi connectivity index (χ4v) is 5.42. The first-order valence-corrected chi connectivity index (χ1v) is 9.55. The molecule has 1 heterocycles. The normalized spacial score (nSPS) is 11.5. The van der Waals surface area contributed by atoms with Gasteiger partial charge in [-0.1, -0.05) is 6.07 Å². The molecule has 0 amide bonds. The molecule has 144 valence electrons. The third kappa shape index (κ3) is 23.8. The van der Waals surface area contributed by atoms with Crippen molar-refractivity contribution >= 4 is 53.3 Å². The Hall–Kier alpha value is -0.207. The molecule has 1 saturated heterocycles. The van der Waals surface area contributed by atoms with Gasteiger partial charge < -0.3 is 22.7 Å². The quantitative estimate of drug-likeness (QED) is 0.216. The van der Waals surface area contributed by atoms with Gasteiger partial charge in [-0.15, -0.1) is 64.9 Å². The number of hydrogen-bond acceptors (Lipinski definition) is 3. The van der Waals surface area contributed by atoms with E-state index in [0.29, 0.717) is 0 Å². The van der Waals surface area contributed by atoms with Gasteiger partial charge in [-0.05, 0) is 0 Å². The van der Waals surface area contributed by atoms with E-state index in [0.717, 1.165) is 0 Å². The van der Waals surface area contributed by atoms with Crippen molar-refractivity contribution in [2.45, 2.75) is 0 Å². The minimum atomic E-state index is -6.00. The summed E-state index contributed by atoms with van der Waals surface area (Å²) in [5, 5.41) is 6.60. The molecule has 0 radical (unpaired) electrons. The van der Waals surface area contributed by atoms with E-state index in [2.05, 4.69) is 55.8 Å². The number of rotatable bonds is 0. The molecule has 0 aromatic heterocycles. The zero-order chi connectivity index (χ0) is 18.8.